The minimum atomic E-state index is -4.06. The fourth-order valence-electron chi connectivity index (χ4n) is 11.3. The minimum absolute atomic E-state index is 0.0296. The summed E-state index contributed by atoms with van der Waals surface area (Å²) in [5, 5.41) is 2.65. The molecular weight excluding hydrogens is 610 g/mol. The van der Waals surface area contributed by atoms with Crippen molar-refractivity contribution < 1.29 is 27.3 Å². The van der Waals surface area contributed by atoms with Gasteiger partial charge in [-0.1, -0.05) is 85.5 Å². The molecule has 7 nitrogen and oxygen atoms in total. The molecule has 4 saturated carbocycles. The molecule has 0 aromatic heterocycles. The van der Waals surface area contributed by atoms with E-state index in [4.69, 9.17) is 9.29 Å². The van der Waals surface area contributed by atoms with Crippen molar-refractivity contribution in [2.24, 2.45) is 46.3 Å². The van der Waals surface area contributed by atoms with Crippen molar-refractivity contribution in [2.45, 2.75) is 175 Å². The summed E-state index contributed by atoms with van der Waals surface area (Å²) in [4.78, 5) is 25.1. The van der Waals surface area contributed by atoms with Crippen LogP contribution in [-0.2, 0) is 24.4 Å². The Kier molecular flexibility index (Phi) is 14.5. The van der Waals surface area contributed by atoms with E-state index in [2.05, 4.69) is 33.0 Å². The van der Waals surface area contributed by atoms with Crippen LogP contribution < -0.4 is 5.32 Å². The molecule has 272 valence electrons. The number of hydrogen-bond donors (Lipinski definition) is 2. The first kappa shape index (κ1) is 38.6. The van der Waals surface area contributed by atoms with Crippen molar-refractivity contribution in [3.63, 3.8) is 0 Å². The molecule has 0 aromatic rings. The molecular formula is C39H69NO6S. The van der Waals surface area contributed by atoms with Gasteiger partial charge < -0.3 is 10.1 Å². The monoisotopic (exact) mass is 679 g/mol. The molecule has 9 atom stereocenters. The molecule has 0 bridgehead atoms. The average molecular weight is 680 g/mol. The lowest BCUT2D eigenvalue weighted by Gasteiger charge is -2.61. The zero-order valence-corrected chi connectivity index (χ0v) is 31.2. The second kappa shape index (κ2) is 17.7. The normalized spacial score (nSPS) is 34.1. The standard InChI is InChI=1S/C39H69NO6S/c1-5-6-7-8-9-10-11-12-13-14-15-37(42)46-31-22-24-38(3)30(28-31)17-18-32-34-20-19-33(39(34,4)25-23-35(32)38)29(2)16-21-36(41)40-26-27-47(43,44)45/h29-35H,5-28H2,1-4H3,(H,40,41)(H,43,44,45). The van der Waals surface area contributed by atoms with Crippen LogP contribution in [0.5, 0.6) is 0 Å². The Hall–Kier alpha value is -1.15. The Balaban J connectivity index is 1.18. The van der Waals surface area contributed by atoms with Gasteiger partial charge in [-0.3, -0.25) is 14.1 Å². The summed E-state index contributed by atoms with van der Waals surface area (Å²) >= 11 is 0. The van der Waals surface area contributed by atoms with Crippen molar-refractivity contribution in [1.82, 2.24) is 5.32 Å². The first-order valence-electron chi connectivity index (χ1n) is 19.8. The fraction of sp³-hybridized carbons (Fsp3) is 0.949. The first-order chi connectivity index (χ1) is 22.4. The van der Waals surface area contributed by atoms with Crippen molar-refractivity contribution >= 4 is 22.0 Å². The Morgan fingerprint density at radius 3 is 2.15 bits per heavy atom. The fourth-order valence-corrected chi connectivity index (χ4v) is 11.6. The van der Waals surface area contributed by atoms with Crippen LogP contribution >= 0.6 is 0 Å². The summed E-state index contributed by atoms with van der Waals surface area (Å²) in [5.74, 6) is 3.50. The van der Waals surface area contributed by atoms with Gasteiger partial charge in [-0.25, -0.2) is 0 Å². The van der Waals surface area contributed by atoms with E-state index < -0.39 is 15.9 Å². The number of carbonyl (C=O) groups is 2. The summed E-state index contributed by atoms with van der Waals surface area (Å²) in [6.07, 6.45) is 25.6. The van der Waals surface area contributed by atoms with Gasteiger partial charge in [-0.05, 0) is 117 Å². The van der Waals surface area contributed by atoms with Gasteiger partial charge >= 0.3 is 5.97 Å². The van der Waals surface area contributed by atoms with E-state index in [1.807, 2.05) is 0 Å². The third-order valence-corrected chi connectivity index (χ3v) is 14.6. The van der Waals surface area contributed by atoms with E-state index in [0.29, 0.717) is 41.4 Å². The summed E-state index contributed by atoms with van der Waals surface area (Å²) < 4.78 is 36.9. The van der Waals surface area contributed by atoms with Crippen molar-refractivity contribution in [1.29, 1.82) is 0 Å². The molecule has 47 heavy (non-hydrogen) atoms. The highest BCUT2D eigenvalue weighted by molar-refractivity contribution is 7.85. The van der Waals surface area contributed by atoms with Crippen LogP contribution in [0.15, 0.2) is 0 Å². The molecule has 0 saturated heterocycles. The maximum Gasteiger partial charge on any atom is 0.306 e. The van der Waals surface area contributed by atoms with Crippen LogP contribution in [0.4, 0.5) is 0 Å². The molecule has 0 heterocycles. The van der Waals surface area contributed by atoms with Gasteiger partial charge in [0.05, 0.1) is 5.75 Å². The number of fused-ring (bicyclic) bond motifs is 5. The maximum atomic E-state index is 12.8. The summed E-state index contributed by atoms with van der Waals surface area (Å²) in [6.45, 7) is 9.66. The van der Waals surface area contributed by atoms with Crippen LogP contribution in [0.25, 0.3) is 0 Å². The minimum Gasteiger partial charge on any atom is -0.462 e. The molecule has 4 aliphatic carbocycles. The summed E-state index contributed by atoms with van der Waals surface area (Å²) in [5.41, 5.74) is 0.681. The quantitative estimate of drug-likeness (QED) is 0.0800. The van der Waals surface area contributed by atoms with E-state index in [1.54, 1.807) is 0 Å². The smallest absolute Gasteiger partial charge is 0.306 e. The highest BCUT2D eigenvalue weighted by Gasteiger charge is 2.60. The van der Waals surface area contributed by atoms with Gasteiger partial charge in [0, 0.05) is 19.4 Å². The highest BCUT2D eigenvalue weighted by atomic mass is 32.2. The third kappa shape index (κ3) is 10.4. The largest absolute Gasteiger partial charge is 0.462 e. The predicted octanol–water partition coefficient (Wildman–Crippen LogP) is 9.29. The van der Waals surface area contributed by atoms with Crippen LogP contribution in [0, 0.1) is 46.3 Å². The van der Waals surface area contributed by atoms with Gasteiger partial charge in [0.15, 0.2) is 0 Å². The molecule has 0 radical (unpaired) electrons. The van der Waals surface area contributed by atoms with E-state index in [-0.39, 0.29) is 24.5 Å². The van der Waals surface area contributed by atoms with E-state index in [1.165, 1.54) is 96.3 Å². The number of unbranched alkanes of at least 4 members (excludes halogenated alkanes) is 9. The Bertz CT molecular complexity index is 1110. The van der Waals surface area contributed by atoms with Crippen LogP contribution in [0.1, 0.15) is 169 Å². The second-order valence-corrected chi connectivity index (χ2v) is 18.4. The molecule has 0 aliphatic heterocycles. The Morgan fingerprint density at radius 1 is 0.830 bits per heavy atom. The lowest BCUT2D eigenvalue weighted by molar-refractivity contribution is -0.162. The van der Waals surface area contributed by atoms with Crippen LogP contribution in [-0.4, -0.2) is 43.2 Å². The molecule has 2 N–H and O–H groups in total. The second-order valence-electron chi connectivity index (χ2n) is 16.9. The third-order valence-electron chi connectivity index (χ3n) is 13.9. The molecule has 0 aromatic carbocycles. The van der Waals surface area contributed by atoms with Gasteiger partial charge in [0.25, 0.3) is 10.1 Å². The first-order valence-corrected chi connectivity index (χ1v) is 21.4. The van der Waals surface area contributed by atoms with E-state index in [9.17, 15) is 18.0 Å². The van der Waals surface area contributed by atoms with Crippen molar-refractivity contribution in [2.75, 3.05) is 12.3 Å². The van der Waals surface area contributed by atoms with Gasteiger partial charge in [-0.2, -0.15) is 8.42 Å². The average Bonchev–Trinajstić information content (AvgIpc) is 3.37. The molecule has 1 amide bonds. The number of hydrogen-bond acceptors (Lipinski definition) is 5. The Labute approximate surface area is 287 Å². The summed E-state index contributed by atoms with van der Waals surface area (Å²) in [7, 11) is -4.06. The number of rotatable bonds is 19. The number of nitrogens with one attached hydrogen (secondary N) is 1. The van der Waals surface area contributed by atoms with Gasteiger partial charge in [0.1, 0.15) is 6.10 Å². The maximum absolute atomic E-state index is 12.8. The van der Waals surface area contributed by atoms with Crippen molar-refractivity contribution in [3.05, 3.63) is 0 Å². The number of ether oxygens (including phenoxy) is 1. The highest BCUT2D eigenvalue weighted by Crippen LogP contribution is 2.68. The molecule has 9 unspecified atom stereocenters. The van der Waals surface area contributed by atoms with Gasteiger partial charge in [-0.15, -0.1) is 0 Å². The summed E-state index contributed by atoms with van der Waals surface area (Å²) in [6, 6.07) is 0. The number of amides is 1. The van der Waals surface area contributed by atoms with Gasteiger partial charge in [0.2, 0.25) is 5.91 Å². The number of esters is 1. The zero-order valence-electron chi connectivity index (χ0n) is 30.4. The van der Waals surface area contributed by atoms with Crippen LogP contribution in [0.3, 0.4) is 0 Å². The van der Waals surface area contributed by atoms with Crippen molar-refractivity contribution in [3.8, 4) is 0 Å². The predicted molar refractivity (Wildman–Crippen MR) is 189 cm³/mol. The molecule has 4 fully saturated rings. The van der Waals surface area contributed by atoms with Crippen LogP contribution in [0.2, 0.25) is 0 Å². The lowest BCUT2D eigenvalue weighted by atomic mass is 9.44. The molecule has 0 spiro atoms. The van der Waals surface area contributed by atoms with E-state index in [0.717, 1.165) is 49.9 Å². The lowest BCUT2D eigenvalue weighted by Crippen LogP contribution is -2.54. The Morgan fingerprint density at radius 2 is 1.47 bits per heavy atom. The zero-order chi connectivity index (χ0) is 34.1. The SMILES string of the molecule is CCCCCCCCCCCCC(=O)OC1CCC2(C)C(CCC3C2CCC2(C)C(C(C)CCC(=O)NCCS(=O)(=O)O)CCC32)C1. The topological polar surface area (TPSA) is 110 Å². The molecule has 4 aliphatic rings. The molecule has 4 rings (SSSR count). The molecule has 8 heteroatoms. The van der Waals surface area contributed by atoms with E-state index >= 15 is 0 Å². The number of carbonyl (C=O) groups excluding carboxylic acids is 2.